The summed E-state index contributed by atoms with van der Waals surface area (Å²) in [6, 6.07) is 15.4. The SMILES string of the molecule is O=C(NCc1ccccc1)NC1(C(=O)N2CCN(c3ccccn3)CC2)CCCC1. The van der Waals surface area contributed by atoms with Crippen molar-refractivity contribution >= 4 is 17.8 Å². The number of rotatable bonds is 5. The van der Waals surface area contributed by atoms with Crippen molar-refractivity contribution in [2.24, 2.45) is 0 Å². The molecule has 1 aliphatic carbocycles. The van der Waals surface area contributed by atoms with Crippen molar-refractivity contribution in [3.05, 3.63) is 60.3 Å². The minimum atomic E-state index is -0.784. The third-order valence-corrected chi connectivity index (χ3v) is 6.06. The predicted molar refractivity (Wildman–Crippen MR) is 116 cm³/mol. The smallest absolute Gasteiger partial charge is 0.315 e. The van der Waals surface area contributed by atoms with Crippen molar-refractivity contribution in [2.75, 3.05) is 31.1 Å². The van der Waals surface area contributed by atoms with Crippen LogP contribution in [-0.4, -0.2) is 53.5 Å². The molecule has 0 unspecified atom stereocenters. The van der Waals surface area contributed by atoms with Gasteiger partial charge < -0.3 is 20.4 Å². The van der Waals surface area contributed by atoms with Crippen molar-refractivity contribution in [3.8, 4) is 0 Å². The summed E-state index contributed by atoms with van der Waals surface area (Å²) in [5.41, 5.74) is 0.249. The van der Waals surface area contributed by atoms with Gasteiger partial charge in [-0.3, -0.25) is 4.79 Å². The summed E-state index contributed by atoms with van der Waals surface area (Å²) in [5, 5.41) is 5.94. The number of piperazine rings is 1. The molecule has 4 rings (SSSR count). The number of anilines is 1. The molecule has 1 saturated carbocycles. The highest BCUT2D eigenvalue weighted by Gasteiger charge is 2.45. The Hall–Kier alpha value is -3.09. The second kappa shape index (κ2) is 9.15. The molecule has 2 N–H and O–H groups in total. The number of nitrogens with one attached hydrogen (secondary N) is 2. The van der Waals surface area contributed by atoms with E-state index in [4.69, 9.17) is 0 Å². The first-order chi connectivity index (χ1) is 14.7. The number of hydrogen-bond donors (Lipinski definition) is 2. The van der Waals surface area contributed by atoms with Gasteiger partial charge in [-0.2, -0.15) is 0 Å². The van der Waals surface area contributed by atoms with Crippen molar-refractivity contribution in [2.45, 2.75) is 37.8 Å². The lowest BCUT2D eigenvalue weighted by atomic mass is 9.95. The van der Waals surface area contributed by atoms with Gasteiger partial charge in [-0.1, -0.05) is 49.2 Å². The lowest BCUT2D eigenvalue weighted by Crippen LogP contribution is -2.62. The van der Waals surface area contributed by atoms with Crippen LogP contribution in [0.2, 0.25) is 0 Å². The maximum absolute atomic E-state index is 13.4. The standard InChI is InChI=1S/C23H29N5O2/c29-21(28-16-14-27(15-17-28)20-10-4-7-13-24-20)23(11-5-6-12-23)26-22(30)25-18-19-8-2-1-3-9-19/h1-4,7-10,13H,5-6,11-12,14-18H2,(H2,25,26,30). The highest BCUT2D eigenvalue weighted by atomic mass is 16.2. The first kappa shape index (κ1) is 20.2. The summed E-state index contributed by atoms with van der Waals surface area (Å²) < 4.78 is 0. The molecule has 0 spiro atoms. The third kappa shape index (κ3) is 4.56. The number of pyridine rings is 1. The summed E-state index contributed by atoms with van der Waals surface area (Å²) in [7, 11) is 0. The summed E-state index contributed by atoms with van der Waals surface area (Å²) in [4.78, 5) is 34.5. The number of carbonyl (C=O) groups is 2. The Bertz CT molecular complexity index is 844. The molecule has 158 valence electrons. The molecule has 2 fully saturated rings. The first-order valence-electron chi connectivity index (χ1n) is 10.7. The minimum Gasteiger partial charge on any atom is -0.353 e. The lowest BCUT2D eigenvalue weighted by Gasteiger charge is -2.40. The average molecular weight is 408 g/mol. The van der Waals surface area contributed by atoms with Gasteiger partial charge >= 0.3 is 6.03 Å². The van der Waals surface area contributed by atoms with Crippen LogP contribution in [0.25, 0.3) is 0 Å². The quantitative estimate of drug-likeness (QED) is 0.799. The molecule has 1 aliphatic heterocycles. The van der Waals surface area contributed by atoms with Crippen molar-refractivity contribution in [1.29, 1.82) is 0 Å². The van der Waals surface area contributed by atoms with E-state index in [0.717, 1.165) is 37.3 Å². The van der Waals surface area contributed by atoms with Gasteiger partial charge in [-0.05, 0) is 30.5 Å². The fraction of sp³-hybridized carbons (Fsp3) is 0.435. The number of amides is 3. The van der Waals surface area contributed by atoms with E-state index in [1.165, 1.54) is 0 Å². The van der Waals surface area contributed by atoms with E-state index in [9.17, 15) is 9.59 Å². The number of hydrogen-bond acceptors (Lipinski definition) is 4. The molecule has 0 bridgehead atoms. The first-order valence-corrected chi connectivity index (χ1v) is 10.7. The van der Waals surface area contributed by atoms with Crippen LogP contribution < -0.4 is 15.5 Å². The number of urea groups is 1. The zero-order chi connectivity index (χ0) is 20.8. The monoisotopic (exact) mass is 407 g/mol. The Balaban J connectivity index is 1.35. The molecule has 3 amide bonds. The number of benzene rings is 1. The second-order valence-electron chi connectivity index (χ2n) is 8.05. The van der Waals surface area contributed by atoms with Gasteiger partial charge in [-0.25, -0.2) is 9.78 Å². The van der Waals surface area contributed by atoms with Gasteiger partial charge in [0.25, 0.3) is 0 Å². The highest BCUT2D eigenvalue weighted by Crippen LogP contribution is 2.32. The molecular formula is C23H29N5O2. The molecular weight excluding hydrogens is 378 g/mol. The van der Waals surface area contributed by atoms with Crippen LogP contribution in [0.15, 0.2) is 54.7 Å². The molecule has 1 aromatic heterocycles. The van der Waals surface area contributed by atoms with Crippen LogP contribution in [0.3, 0.4) is 0 Å². The molecule has 1 saturated heterocycles. The molecule has 2 heterocycles. The Morgan fingerprint density at radius 3 is 2.30 bits per heavy atom. The molecule has 7 heteroatoms. The van der Waals surface area contributed by atoms with Crippen LogP contribution in [0.1, 0.15) is 31.2 Å². The van der Waals surface area contributed by atoms with Gasteiger partial charge in [0.1, 0.15) is 11.4 Å². The van der Waals surface area contributed by atoms with Gasteiger partial charge in [0.05, 0.1) is 0 Å². The molecule has 30 heavy (non-hydrogen) atoms. The molecule has 2 aliphatic rings. The van der Waals surface area contributed by atoms with Crippen LogP contribution in [0, 0.1) is 0 Å². The van der Waals surface area contributed by atoms with E-state index >= 15 is 0 Å². The van der Waals surface area contributed by atoms with Gasteiger partial charge in [-0.15, -0.1) is 0 Å². The summed E-state index contributed by atoms with van der Waals surface area (Å²) in [5.74, 6) is 0.995. The van der Waals surface area contributed by atoms with Crippen molar-refractivity contribution in [1.82, 2.24) is 20.5 Å². The maximum atomic E-state index is 13.4. The minimum absolute atomic E-state index is 0.0514. The lowest BCUT2D eigenvalue weighted by molar-refractivity contribution is -0.138. The van der Waals surface area contributed by atoms with E-state index in [1.54, 1.807) is 6.20 Å². The Kier molecular flexibility index (Phi) is 6.16. The van der Waals surface area contributed by atoms with Gasteiger partial charge in [0.2, 0.25) is 5.91 Å². The van der Waals surface area contributed by atoms with Crippen LogP contribution in [-0.2, 0) is 11.3 Å². The van der Waals surface area contributed by atoms with Crippen LogP contribution in [0.5, 0.6) is 0 Å². The summed E-state index contributed by atoms with van der Waals surface area (Å²) >= 11 is 0. The Labute approximate surface area is 177 Å². The Morgan fingerprint density at radius 1 is 0.933 bits per heavy atom. The zero-order valence-electron chi connectivity index (χ0n) is 17.2. The highest BCUT2D eigenvalue weighted by molar-refractivity contribution is 5.91. The zero-order valence-corrected chi connectivity index (χ0v) is 17.2. The fourth-order valence-electron chi connectivity index (χ4n) is 4.39. The topological polar surface area (TPSA) is 77.6 Å². The van der Waals surface area contributed by atoms with E-state index in [-0.39, 0.29) is 11.9 Å². The third-order valence-electron chi connectivity index (χ3n) is 6.06. The molecule has 0 atom stereocenters. The van der Waals surface area contributed by atoms with Crippen molar-refractivity contribution < 1.29 is 9.59 Å². The number of carbonyl (C=O) groups excluding carboxylic acids is 2. The van der Waals surface area contributed by atoms with Crippen LogP contribution >= 0.6 is 0 Å². The maximum Gasteiger partial charge on any atom is 0.315 e. The summed E-state index contributed by atoms with van der Waals surface area (Å²) in [6.45, 7) is 3.23. The van der Waals surface area contributed by atoms with E-state index < -0.39 is 5.54 Å². The number of nitrogens with zero attached hydrogens (tertiary/aromatic N) is 3. The average Bonchev–Trinajstić information content (AvgIpc) is 3.28. The van der Waals surface area contributed by atoms with E-state index in [0.29, 0.717) is 32.5 Å². The Morgan fingerprint density at radius 2 is 1.63 bits per heavy atom. The molecule has 0 radical (unpaired) electrons. The van der Waals surface area contributed by atoms with Crippen molar-refractivity contribution in [3.63, 3.8) is 0 Å². The second-order valence-corrected chi connectivity index (χ2v) is 8.05. The fourth-order valence-corrected chi connectivity index (χ4v) is 4.39. The molecule has 7 nitrogen and oxygen atoms in total. The number of aromatic nitrogens is 1. The predicted octanol–water partition coefficient (Wildman–Crippen LogP) is 2.54. The normalized spacial score (nSPS) is 18.1. The van der Waals surface area contributed by atoms with E-state index in [1.807, 2.05) is 53.4 Å². The van der Waals surface area contributed by atoms with Gasteiger partial charge in [0.15, 0.2) is 0 Å². The molecule has 2 aromatic rings. The molecule has 1 aromatic carbocycles. The van der Waals surface area contributed by atoms with Crippen LogP contribution in [0.4, 0.5) is 10.6 Å². The summed E-state index contributed by atoms with van der Waals surface area (Å²) in [6.07, 6.45) is 5.10. The largest absolute Gasteiger partial charge is 0.353 e. The van der Waals surface area contributed by atoms with E-state index in [2.05, 4.69) is 20.5 Å². The van der Waals surface area contributed by atoms with Gasteiger partial charge in [0, 0.05) is 38.9 Å².